The van der Waals surface area contributed by atoms with Crippen molar-refractivity contribution in [1.29, 1.82) is 0 Å². The highest BCUT2D eigenvalue weighted by atomic mass is 32.1. The first-order chi connectivity index (χ1) is 14.3. The van der Waals surface area contributed by atoms with E-state index < -0.39 is 30.4 Å². The van der Waals surface area contributed by atoms with Crippen LogP contribution in [0.5, 0.6) is 0 Å². The number of carboxylic acids is 1. The zero-order chi connectivity index (χ0) is 21.8. The molecule has 0 bridgehead atoms. The number of hydrogen-bond donors (Lipinski definition) is 4. The van der Waals surface area contributed by atoms with Crippen LogP contribution in [0.2, 0.25) is 0 Å². The Bertz CT molecular complexity index is 1090. The lowest BCUT2D eigenvalue weighted by molar-refractivity contribution is -0.139. The van der Waals surface area contributed by atoms with Crippen LogP contribution in [0.3, 0.4) is 0 Å². The maximum absolute atomic E-state index is 14.1. The van der Waals surface area contributed by atoms with Gasteiger partial charge in [0, 0.05) is 29.7 Å². The molecular formula is C22H20FNO4S2. The molecular weight excluding hydrogens is 425 g/mol. The van der Waals surface area contributed by atoms with Gasteiger partial charge in [0.15, 0.2) is 0 Å². The Hall–Kier alpha value is -2.52. The monoisotopic (exact) mass is 445 g/mol. The van der Waals surface area contributed by atoms with Gasteiger partial charge < -0.3 is 20.3 Å². The average Bonchev–Trinajstić information content (AvgIpc) is 2.68. The van der Waals surface area contributed by atoms with E-state index in [1.807, 2.05) is 30.3 Å². The number of fused-ring (bicyclic) bond motifs is 1. The summed E-state index contributed by atoms with van der Waals surface area (Å²) in [4.78, 5) is 14.2. The predicted octanol–water partition coefficient (Wildman–Crippen LogP) is 4.25. The molecule has 8 heteroatoms. The summed E-state index contributed by atoms with van der Waals surface area (Å²) >= 11 is 10.7. The minimum atomic E-state index is -1.17. The molecule has 0 spiro atoms. The molecule has 3 rings (SSSR count). The maximum Gasteiger partial charge on any atom is 0.305 e. The Kier molecular flexibility index (Phi) is 7.04. The molecule has 0 amide bonds. The molecule has 0 fully saturated rings. The Balaban J connectivity index is 2.03. The van der Waals surface area contributed by atoms with Gasteiger partial charge in [-0.25, -0.2) is 4.39 Å². The number of carboxylic acid groups (broad SMARTS) is 1. The van der Waals surface area contributed by atoms with Crippen molar-refractivity contribution in [3.05, 3.63) is 63.6 Å². The molecule has 1 aromatic heterocycles. The van der Waals surface area contributed by atoms with Crippen molar-refractivity contribution in [3.8, 4) is 11.3 Å². The van der Waals surface area contributed by atoms with Crippen LogP contribution in [-0.2, 0) is 11.2 Å². The molecule has 0 radical (unpaired) electrons. The fourth-order valence-corrected chi connectivity index (χ4v) is 3.82. The summed E-state index contributed by atoms with van der Waals surface area (Å²) < 4.78 is 14.5. The molecule has 0 unspecified atom stereocenters. The van der Waals surface area contributed by atoms with Crippen molar-refractivity contribution >= 4 is 47.4 Å². The minimum absolute atomic E-state index is 0.131. The summed E-state index contributed by atoms with van der Waals surface area (Å²) in [6.07, 6.45) is 1.77. The fourth-order valence-electron chi connectivity index (χ4n) is 3.27. The Morgan fingerprint density at radius 1 is 1.23 bits per heavy atom. The van der Waals surface area contributed by atoms with E-state index in [1.54, 1.807) is 6.08 Å². The van der Waals surface area contributed by atoms with Crippen LogP contribution in [0, 0.1) is 4.51 Å². The number of aromatic amines is 1. The van der Waals surface area contributed by atoms with Gasteiger partial charge in [0.2, 0.25) is 0 Å². The summed E-state index contributed by atoms with van der Waals surface area (Å²) in [6.45, 7) is 0. The van der Waals surface area contributed by atoms with E-state index in [9.17, 15) is 19.4 Å². The van der Waals surface area contributed by atoms with Gasteiger partial charge in [-0.1, -0.05) is 66.9 Å². The number of nitrogens with one attached hydrogen (secondary N) is 1. The lowest BCUT2D eigenvalue weighted by Gasteiger charge is -2.18. The molecule has 2 aromatic rings. The van der Waals surface area contributed by atoms with Crippen molar-refractivity contribution in [2.75, 3.05) is 0 Å². The second kappa shape index (κ2) is 9.53. The van der Waals surface area contributed by atoms with E-state index in [0.717, 1.165) is 11.3 Å². The number of benzene rings is 1. The van der Waals surface area contributed by atoms with Crippen molar-refractivity contribution in [1.82, 2.24) is 4.98 Å². The second-order valence-electron chi connectivity index (χ2n) is 7.01. The smallest absolute Gasteiger partial charge is 0.305 e. The van der Waals surface area contributed by atoms with E-state index in [0.29, 0.717) is 21.3 Å². The number of aromatic nitrogens is 1. The van der Waals surface area contributed by atoms with Gasteiger partial charge in [-0.3, -0.25) is 4.79 Å². The molecule has 2 atom stereocenters. The number of allylic oxidation sites excluding steroid dienone is 1. The SMILES string of the molecule is O=C(O)C[C@H](O)C[C@H](O)/C=C/c1c(-c2ccccc2)[nH]c2c(c1=S)C=C(F)C(=S)C2. The third-order valence-corrected chi connectivity index (χ3v) is 5.48. The predicted molar refractivity (Wildman–Crippen MR) is 120 cm³/mol. The van der Waals surface area contributed by atoms with Gasteiger partial charge in [-0.15, -0.1) is 0 Å². The molecule has 1 aliphatic rings. The highest BCUT2D eigenvalue weighted by molar-refractivity contribution is 7.80. The number of carbonyl (C=O) groups is 1. The van der Waals surface area contributed by atoms with Crippen molar-refractivity contribution < 1.29 is 24.5 Å². The standard InChI is InChI=1S/C22H20FNO4S2/c23-17-10-16-18(11-19(17)29)24-21(12-4-2-1-3-5-12)15(22(16)30)7-6-13(25)8-14(26)9-20(27)28/h1-7,10,13-14,25-26H,8-9,11H2,(H,24,30)(H,27,28)/b7-6+/t13-,14-/m1/s1. The lowest BCUT2D eigenvalue weighted by Crippen LogP contribution is -2.19. The summed E-state index contributed by atoms with van der Waals surface area (Å²) in [6, 6.07) is 9.43. The first-order valence-corrected chi connectivity index (χ1v) is 10.1. The van der Waals surface area contributed by atoms with Crippen LogP contribution < -0.4 is 0 Å². The number of H-pyrrole nitrogens is 1. The largest absolute Gasteiger partial charge is 0.481 e. The third kappa shape index (κ3) is 5.14. The van der Waals surface area contributed by atoms with Gasteiger partial charge in [-0.05, 0) is 11.6 Å². The van der Waals surface area contributed by atoms with Crippen LogP contribution in [0.25, 0.3) is 23.4 Å². The number of halogens is 1. The van der Waals surface area contributed by atoms with Gasteiger partial charge in [0.1, 0.15) is 5.83 Å². The first kappa shape index (κ1) is 22.2. The molecule has 0 saturated carbocycles. The summed E-state index contributed by atoms with van der Waals surface area (Å²) in [7, 11) is 0. The first-order valence-electron chi connectivity index (χ1n) is 9.27. The average molecular weight is 446 g/mol. The molecule has 1 aliphatic carbocycles. The Morgan fingerprint density at radius 2 is 1.93 bits per heavy atom. The Labute approximate surface area is 183 Å². The van der Waals surface area contributed by atoms with Gasteiger partial charge >= 0.3 is 5.97 Å². The van der Waals surface area contributed by atoms with Gasteiger partial charge in [-0.2, -0.15) is 0 Å². The number of rotatable bonds is 7. The molecule has 156 valence electrons. The molecule has 0 saturated heterocycles. The number of pyridine rings is 1. The topological polar surface area (TPSA) is 93.6 Å². The molecule has 30 heavy (non-hydrogen) atoms. The summed E-state index contributed by atoms with van der Waals surface area (Å²) in [5.74, 6) is -1.63. The third-order valence-electron chi connectivity index (χ3n) is 4.71. The van der Waals surface area contributed by atoms with Crippen LogP contribution in [0.4, 0.5) is 4.39 Å². The van der Waals surface area contributed by atoms with E-state index in [1.165, 1.54) is 12.2 Å². The normalized spacial score (nSPS) is 15.6. The van der Waals surface area contributed by atoms with E-state index >= 15 is 0 Å². The van der Waals surface area contributed by atoms with Gasteiger partial charge in [0.25, 0.3) is 0 Å². The fraction of sp³-hybridized carbons (Fsp3) is 0.227. The highest BCUT2D eigenvalue weighted by Gasteiger charge is 2.21. The Morgan fingerprint density at radius 3 is 2.60 bits per heavy atom. The molecule has 0 aliphatic heterocycles. The van der Waals surface area contributed by atoms with Crippen molar-refractivity contribution in [2.24, 2.45) is 0 Å². The zero-order valence-electron chi connectivity index (χ0n) is 15.8. The molecule has 1 aromatic carbocycles. The van der Waals surface area contributed by atoms with Gasteiger partial charge in [0.05, 0.1) is 33.7 Å². The van der Waals surface area contributed by atoms with Crippen LogP contribution >= 0.6 is 24.4 Å². The lowest BCUT2D eigenvalue weighted by atomic mass is 9.96. The van der Waals surface area contributed by atoms with Crippen LogP contribution in [0.1, 0.15) is 29.7 Å². The number of aliphatic carboxylic acids is 1. The quantitative estimate of drug-likeness (QED) is 0.476. The number of aliphatic hydroxyl groups excluding tert-OH is 2. The number of thiocarbonyl (C=S) groups is 1. The summed E-state index contributed by atoms with van der Waals surface area (Å²) in [5, 5.41) is 28.6. The molecule has 1 heterocycles. The highest BCUT2D eigenvalue weighted by Crippen LogP contribution is 2.31. The maximum atomic E-state index is 14.1. The minimum Gasteiger partial charge on any atom is -0.481 e. The van der Waals surface area contributed by atoms with Crippen molar-refractivity contribution in [3.63, 3.8) is 0 Å². The van der Waals surface area contributed by atoms with Crippen molar-refractivity contribution in [2.45, 2.75) is 31.5 Å². The molecule has 5 nitrogen and oxygen atoms in total. The second-order valence-corrected chi connectivity index (χ2v) is 7.91. The van der Waals surface area contributed by atoms with Crippen LogP contribution in [-0.4, -0.2) is 43.3 Å². The van der Waals surface area contributed by atoms with Crippen LogP contribution in [0.15, 0.2) is 42.2 Å². The summed E-state index contributed by atoms with van der Waals surface area (Å²) in [5.41, 5.74) is 3.40. The zero-order valence-corrected chi connectivity index (χ0v) is 17.5. The van der Waals surface area contributed by atoms with E-state index in [4.69, 9.17) is 29.5 Å². The number of hydrogen-bond acceptors (Lipinski definition) is 5. The van der Waals surface area contributed by atoms with E-state index in [-0.39, 0.29) is 17.7 Å². The number of aliphatic hydroxyl groups is 2. The van der Waals surface area contributed by atoms with E-state index in [2.05, 4.69) is 4.98 Å². The molecule has 4 N–H and O–H groups in total.